The van der Waals surface area contributed by atoms with Crippen molar-refractivity contribution in [2.24, 2.45) is 0 Å². The van der Waals surface area contributed by atoms with Gasteiger partial charge in [-0.1, -0.05) is 11.6 Å². The standard InChI is InChI=1S/C11H15ClO2/c1-7(13)4-9-5-10(12)6-11(14-3)8(9)2/h5-7,13H,4H2,1-3H3. The van der Waals surface area contributed by atoms with Crippen molar-refractivity contribution in [3.05, 3.63) is 28.3 Å². The first-order valence-corrected chi connectivity index (χ1v) is 4.93. The molecule has 1 unspecified atom stereocenters. The molecule has 0 saturated carbocycles. The van der Waals surface area contributed by atoms with E-state index in [4.69, 9.17) is 16.3 Å². The average Bonchev–Trinajstić information content (AvgIpc) is 2.09. The fraction of sp³-hybridized carbons (Fsp3) is 0.455. The Labute approximate surface area is 89.5 Å². The summed E-state index contributed by atoms with van der Waals surface area (Å²) in [6.45, 7) is 3.72. The summed E-state index contributed by atoms with van der Waals surface area (Å²) in [5.74, 6) is 0.771. The third-order valence-corrected chi connectivity index (χ3v) is 2.39. The molecule has 0 aliphatic rings. The first kappa shape index (κ1) is 11.3. The first-order valence-electron chi connectivity index (χ1n) is 4.55. The Balaban J connectivity index is 3.08. The van der Waals surface area contributed by atoms with Crippen LogP contribution < -0.4 is 4.74 Å². The van der Waals surface area contributed by atoms with E-state index in [1.807, 2.05) is 13.0 Å². The fourth-order valence-corrected chi connectivity index (χ4v) is 1.68. The lowest BCUT2D eigenvalue weighted by atomic mass is 10.0. The minimum absolute atomic E-state index is 0.364. The van der Waals surface area contributed by atoms with Crippen LogP contribution in [0.3, 0.4) is 0 Å². The lowest BCUT2D eigenvalue weighted by molar-refractivity contribution is 0.195. The smallest absolute Gasteiger partial charge is 0.123 e. The number of methoxy groups -OCH3 is 1. The summed E-state index contributed by atoms with van der Waals surface area (Å²) in [6, 6.07) is 3.65. The maximum atomic E-state index is 9.30. The average molecular weight is 215 g/mol. The molecule has 1 rings (SSSR count). The van der Waals surface area contributed by atoms with E-state index in [1.54, 1.807) is 20.1 Å². The zero-order valence-corrected chi connectivity index (χ0v) is 9.43. The highest BCUT2D eigenvalue weighted by atomic mass is 35.5. The largest absolute Gasteiger partial charge is 0.496 e. The molecule has 0 fully saturated rings. The van der Waals surface area contributed by atoms with Crippen molar-refractivity contribution in [2.45, 2.75) is 26.4 Å². The number of aliphatic hydroxyl groups is 1. The lowest BCUT2D eigenvalue weighted by Gasteiger charge is -2.12. The Morgan fingerprint density at radius 3 is 2.64 bits per heavy atom. The number of hydrogen-bond donors (Lipinski definition) is 1. The number of benzene rings is 1. The summed E-state index contributed by atoms with van der Waals surface area (Å²) in [5.41, 5.74) is 2.07. The summed E-state index contributed by atoms with van der Waals surface area (Å²) in [7, 11) is 1.62. The van der Waals surface area contributed by atoms with Crippen molar-refractivity contribution in [3.8, 4) is 5.75 Å². The van der Waals surface area contributed by atoms with Gasteiger partial charge >= 0.3 is 0 Å². The molecule has 0 aliphatic heterocycles. The van der Waals surface area contributed by atoms with Crippen molar-refractivity contribution in [1.29, 1.82) is 0 Å². The van der Waals surface area contributed by atoms with Crippen LogP contribution in [0, 0.1) is 6.92 Å². The van der Waals surface area contributed by atoms with E-state index in [-0.39, 0.29) is 6.10 Å². The Hall–Kier alpha value is -0.730. The van der Waals surface area contributed by atoms with Crippen molar-refractivity contribution < 1.29 is 9.84 Å². The van der Waals surface area contributed by atoms with E-state index >= 15 is 0 Å². The van der Waals surface area contributed by atoms with Crippen molar-refractivity contribution in [3.63, 3.8) is 0 Å². The van der Waals surface area contributed by atoms with E-state index in [0.29, 0.717) is 11.4 Å². The molecule has 0 bridgehead atoms. The fourth-order valence-electron chi connectivity index (χ4n) is 1.45. The van der Waals surface area contributed by atoms with Gasteiger partial charge in [0.2, 0.25) is 0 Å². The number of halogens is 1. The molecule has 14 heavy (non-hydrogen) atoms. The zero-order chi connectivity index (χ0) is 10.7. The van der Waals surface area contributed by atoms with Crippen molar-refractivity contribution >= 4 is 11.6 Å². The Morgan fingerprint density at radius 1 is 1.50 bits per heavy atom. The normalized spacial score (nSPS) is 12.6. The maximum absolute atomic E-state index is 9.30. The Morgan fingerprint density at radius 2 is 2.14 bits per heavy atom. The quantitative estimate of drug-likeness (QED) is 0.838. The predicted molar refractivity (Wildman–Crippen MR) is 58.1 cm³/mol. The molecule has 0 heterocycles. The number of hydrogen-bond acceptors (Lipinski definition) is 2. The topological polar surface area (TPSA) is 29.5 Å². The Kier molecular flexibility index (Phi) is 3.78. The number of rotatable bonds is 3. The van der Waals surface area contributed by atoms with Gasteiger partial charge in [0.25, 0.3) is 0 Å². The molecule has 78 valence electrons. The van der Waals surface area contributed by atoms with Gasteiger partial charge in [-0.15, -0.1) is 0 Å². The van der Waals surface area contributed by atoms with Gasteiger partial charge in [-0.2, -0.15) is 0 Å². The molecular formula is C11H15ClO2. The van der Waals surface area contributed by atoms with Gasteiger partial charge in [-0.25, -0.2) is 0 Å². The van der Waals surface area contributed by atoms with Crippen LogP contribution in [0.1, 0.15) is 18.1 Å². The molecule has 0 radical (unpaired) electrons. The second-order valence-electron chi connectivity index (χ2n) is 3.45. The summed E-state index contributed by atoms with van der Waals surface area (Å²) >= 11 is 5.92. The molecule has 1 aromatic rings. The molecule has 1 N–H and O–H groups in total. The van der Waals surface area contributed by atoms with Crippen LogP contribution in [0.25, 0.3) is 0 Å². The monoisotopic (exact) mass is 214 g/mol. The van der Waals surface area contributed by atoms with Crippen LogP contribution in [-0.2, 0) is 6.42 Å². The minimum Gasteiger partial charge on any atom is -0.496 e. The predicted octanol–water partition coefficient (Wildman–Crippen LogP) is 2.58. The minimum atomic E-state index is -0.364. The molecule has 3 heteroatoms. The lowest BCUT2D eigenvalue weighted by Crippen LogP contribution is -2.06. The first-order chi connectivity index (χ1) is 6.54. The van der Waals surface area contributed by atoms with Gasteiger partial charge in [0.15, 0.2) is 0 Å². The van der Waals surface area contributed by atoms with Crippen molar-refractivity contribution in [2.75, 3.05) is 7.11 Å². The van der Waals surface area contributed by atoms with E-state index in [9.17, 15) is 5.11 Å². The molecular weight excluding hydrogens is 200 g/mol. The highest BCUT2D eigenvalue weighted by molar-refractivity contribution is 6.30. The van der Waals surface area contributed by atoms with E-state index in [0.717, 1.165) is 16.9 Å². The van der Waals surface area contributed by atoms with Crippen LogP contribution in [0.2, 0.25) is 5.02 Å². The number of aliphatic hydroxyl groups excluding tert-OH is 1. The highest BCUT2D eigenvalue weighted by Crippen LogP contribution is 2.27. The van der Waals surface area contributed by atoms with E-state index in [2.05, 4.69) is 0 Å². The summed E-state index contributed by atoms with van der Waals surface area (Å²) in [6.07, 6.45) is 0.236. The van der Waals surface area contributed by atoms with Crippen LogP contribution in [0.4, 0.5) is 0 Å². The van der Waals surface area contributed by atoms with Crippen LogP contribution >= 0.6 is 11.6 Å². The van der Waals surface area contributed by atoms with Crippen LogP contribution in [-0.4, -0.2) is 18.3 Å². The summed E-state index contributed by atoms with van der Waals surface area (Å²) in [5, 5.41) is 9.94. The maximum Gasteiger partial charge on any atom is 0.123 e. The molecule has 0 aromatic heterocycles. The van der Waals surface area contributed by atoms with Crippen LogP contribution in [0.5, 0.6) is 5.75 Å². The third kappa shape index (κ3) is 2.63. The molecule has 0 aliphatic carbocycles. The zero-order valence-electron chi connectivity index (χ0n) is 8.67. The van der Waals surface area contributed by atoms with Gasteiger partial charge in [0, 0.05) is 5.02 Å². The summed E-state index contributed by atoms with van der Waals surface area (Å²) < 4.78 is 5.18. The second kappa shape index (κ2) is 4.67. The van der Waals surface area contributed by atoms with Crippen molar-refractivity contribution in [1.82, 2.24) is 0 Å². The van der Waals surface area contributed by atoms with Gasteiger partial charge in [-0.3, -0.25) is 0 Å². The van der Waals surface area contributed by atoms with Gasteiger partial charge in [0.05, 0.1) is 13.2 Å². The molecule has 2 nitrogen and oxygen atoms in total. The molecule has 1 aromatic carbocycles. The summed E-state index contributed by atoms with van der Waals surface area (Å²) in [4.78, 5) is 0. The Bertz CT molecular complexity index is 321. The molecule has 1 atom stereocenters. The van der Waals surface area contributed by atoms with E-state index in [1.165, 1.54) is 0 Å². The third-order valence-electron chi connectivity index (χ3n) is 2.17. The SMILES string of the molecule is COc1cc(Cl)cc(CC(C)O)c1C. The highest BCUT2D eigenvalue weighted by Gasteiger charge is 2.08. The molecule has 0 spiro atoms. The number of ether oxygens (including phenoxy) is 1. The second-order valence-corrected chi connectivity index (χ2v) is 3.88. The molecule has 0 amide bonds. The van der Waals surface area contributed by atoms with Crippen LogP contribution in [0.15, 0.2) is 12.1 Å². The van der Waals surface area contributed by atoms with Gasteiger partial charge in [-0.05, 0) is 43.5 Å². The van der Waals surface area contributed by atoms with Gasteiger partial charge in [0.1, 0.15) is 5.75 Å². The molecule has 0 saturated heterocycles. The van der Waals surface area contributed by atoms with E-state index < -0.39 is 0 Å². The van der Waals surface area contributed by atoms with Gasteiger partial charge < -0.3 is 9.84 Å².